The number of allylic oxidation sites excluding steroid dienone is 4. The molecule has 0 radical (unpaired) electrons. The Bertz CT molecular complexity index is 2470. The predicted molar refractivity (Wildman–Crippen MR) is 296 cm³/mol. The van der Waals surface area contributed by atoms with Gasteiger partial charge in [0.15, 0.2) is 31.1 Å². The number of nitrogens with zero attached hydrogens (tertiary/aromatic N) is 1. The number of rotatable bonds is 30. The highest BCUT2D eigenvalue weighted by molar-refractivity contribution is 7.46. The van der Waals surface area contributed by atoms with Crippen LogP contribution in [0.25, 0.3) is 0 Å². The Morgan fingerprint density at radius 3 is 2.40 bits per heavy atom. The van der Waals surface area contributed by atoms with Gasteiger partial charge in [-0.05, 0) is 138 Å². The molecule has 0 amide bonds. The third-order valence-corrected chi connectivity index (χ3v) is 19.6. The van der Waals surface area contributed by atoms with Crippen molar-refractivity contribution < 1.29 is 88.8 Å². The van der Waals surface area contributed by atoms with Gasteiger partial charge in [0.1, 0.15) is 25.4 Å². The Kier molecular flexibility index (Phi) is 23.1. The summed E-state index contributed by atoms with van der Waals surface area (Å²) in [7, 11) is -4.82. The number of nitrogens with one attached hydrogen (secondary N) is 1. The minimum Gasteiger partial charge on any atom is -1.00 e. The third-order valence-electron chi connectivity index (χ3n) is 19.1. The standard InChI is InChI=1S/C61H89N2O15P.ClH/c1-5-63(6-2,40-46-35-45(24-27-53(46)75-42-76-79(69,70)71)52(66)39-62-30-16-7-8-17-32-72-33-18-15-21-43-19-11-9-12-20-43)31-34-73-58(68)74-41-54(67)61-55(77-57(78-61)44-22-13-10-14-23-44)37-50-49-26-25-47-36-48(64)28-29-59(47,3)56(49)51(65)38-60(50,61)4;/h9,11-12,19-20,24,27-29,35-36,44,49-52,55-57,62,65-66H,5-8,10,13-18,21-23,25-26,30-34,37-42H2,1-4H3,(H-,69,70,71);1H/t49-,50-,51-,52?,55+,56+,57+,59-,60-,61+;/m0./s1. The number of aryl methyl sites for hydroxylation is 1. The molecule has 0 bridgehead atoms. The number of hydrogen-bond donors (Lipinski definition) is 5. The molecule has 8 rings (SSSR count). The van der Waals surface area contributed by atoms with Crippen molar-refractivity contribution in [2.75, 3.05) is 65.9 Å². The summed E-state index contributed by atoms with van der Waals surface area (Å²) in [6, 6.07) is 15.7. The SMILES string of the molecule is CC[N+](CC)(CCOC(=O)OCC(=O)[C@@]12O[C@H](C3CCCCC3)O[C@@H]1C[C@H]1[C@@H]3CCC4=CC(=O)C=C[C@]4(C)[C@H]3[C@@H](O)C[C@@]12C)Cc1cc(C(O)CNCCCCCCOCCCCc2ccccc2)ccc1OCOP(=O)(O)O.[Cl-]. The first-order valence-electron chi connectivity index (χ1n) is 29.5. The van der Waals surface area contributed by atoms with E-state index in [1.54, 1.807) is 24.3 Å². The van der Waals surface area contributed by atoms with Crippen LogP contribution in [-0.2, 0) is 55.3 Å². The van der Waals surface area contributed by atoms with E-state index in [9.17, 15) is 34.2 Å². The first-order valence-corrected chi connectivity index (χ1v) is 31.1. The van der Waals surface area contributed by atoms with E-state index in [1.165, 1.54) is 5.56 Å². The number of carbonyl (C=O) groups excluding carboxylic acids is 3. The molecule has 1 unspecified atom stereocenters. The maximum atomic E-state index is 15.0. The fourth-order valence-electron chi connectivity index (χ4n) is 14.7. The van der Waals surface area contributed by atoms with E-state index in [1.807, 2.05) is 32.1 Å². The molecule has 5 aliphatic carbocycles. The van der Waals surface area contributed by atoms with Crippen molar-refractivity contribution in [2.45, 2.75) is 167 Å². The van der Waals surface area contributed by atoms with E-state index in [0.29, 0.717) is 66.9 Å². The molecule has 10 atom stereocenters. The molecule has 2 aromatic rings. The number of Topliss-reactive ketones (excluding diaryl/α,β-unsaturated/α-hetero) is 1. The molecular formula is C61H90ClN2O15P. The second-order valence-electron chi connectivity index (χ2n) is 23.8. The number of aliphatic hydroxyl groups excluding tert-OH is 2. The van der Waals surface area contributed by atoms with Crippen molar-refractivity contribution in [1.29, 1.82) is 0 Å². The van der Waals surface area contributed by atoms with Gasteiger partial charge < -0.3 is 70.6 Å². The lowest BCUT2D eigenvalue weighted by Gasteiger charge is -2.59. The Hall–Kier alpha value is -3.55. The van der Waals surface area contributed by atoms with Gasteiger partial charge in [-0.15, -0.1) is 0 Å². The number of quaternary nitrogens is 1. The fraction of sp³-hybridized carbons (Fsp3) is 0.689. The zero-order valence-electron chi connectivity index (χ0n) is 47.6. The second kappa shape index (κ2) is 28.8. The molecule has 5 N–H and O–H groups in total. The lowest BCUT2D eigenvalue weighted by atomic mass is 9.46. The number of carbonyl (C=O) groups is 3. The fourth-order valence-corrected chi connectivity index (χ4v) is 14.9. The lowest BCUT2D eigenvalue weighted by Crippen LogP contribution is -3.00. The average molecular weight is 1160 g/mol. The highest BCUT2D eigenvalue weighted by Crippen LogP contribution is 2.70. The molecule has 19 heteroatoms. The van der Waals surface area contributed by atoms with Crippen molar-refractivity contribution in [3.8, 4) is 5.75 Å². The number of phosphoric acid groups is 1. The molecule has 0 aromatic heterocycles. The largest absolute Gasteiger partial charge is 1.00 e. The zero-order valence-corrected chi connectivity index (χ0v) is 49.3. The molecule has 1 saturated heterocycles. The number of ketones is 2. The van der Waals surface area contributed by atoms with Crippen LogP contribution in [0.1, 0.15) is 147 Å². The molecule has 446 valence electrons. The normalized spacial score (nSPS) is 28.6. The topological polar surface area (TPSA) is 226 Å². The molecular weight excluding hydrogens is 1070 g/mol. The molecule has 5 fully saturated rings. The van der Waals surface area contributed by atoms with Crippen molar-refractivity contribution in [1.82, 2.24) is 5.32 Å². The van der Waals surface area contributed by atoms with Crippen molar-refractivity contribution in [3.63, 3.8) is 0 Å². The summed E-state index contributed by atoms with van der Waals surface area (Å²) < 4.78 is 53.4. The van der Waals surface area contributed by atoms with Gasteiger partial charge >= 0.3 is 14.0 Å². The van der Waals surface area contributed by atoms with Gasteiger partial charge in [-0.1, -0.05) is 94.0 Å². The number of likely N-dealkylation sites (N-methyl/N-ethyl adjacent to an activating group) is 1. The lowest BCUT2D eigenvalue weighted by molar-refractivity contribution is -0.937. The molecule has 2 aromatic carbocycles. The van der Waals surface area contributed by atoms with Crippen LogP contribution in [0.4, 0.5) is 4.79 Å². The molecule has 6 aliphatic rings. The van der Waals surface area contributed by atoms with E-state index in [2.05, 4.69) is 48.0 Å². The summed E-state index contributed by atoms with van der Waals surface area (Å²) in [5, 5.41) is 27.0. The number of halogens is 1. The summed E-state index contributed by atoms with van der Waals surface area (Å²) in [6.45, 7) is 11.4. The van der Waals surface area contributed by atoms with Gasteiger partial charge in [0.2, 0.25) is 5.78 Å². The highest BCUT2D eigenvalue weighted by atomic mass is 35.5. The van der Waals surface area contributed by atoms with Crippen molar-refractivity contribution >= 4 is 25.5 Å². The van der Waals surface area contributed by atoms with Crippen LogP contribution in [0, 0.1) is 34.5 Å². The summed E-state index contributed by atoms with van der Waals surface area (Å²) >= 11 is 0. The predicted octanol–water partition coefficient (Wildman–Crippen LogP) is 6.39. The second-order valence-corrected chi connectivity index (χ2v) is 25.0. The summed E-state index contributed by atoms with van der Waals surface area (Å²) in [4.78, 5) is 59.7. The Labute approximate surface area is 480 Å². The van der Waals surface area contributed by atoms with E-state index in [0.717, 1.165) is 115 Å². The highest BCUT2D eigenvalue weighted by Gasteiger charge is 2.76. The first-order chi connectivity index (χ1) is 37.9. The quantitative estimate of drug-likeness (QED) is 0.0188. The van der Waals surface area contributed by atoms with E-state index >= 15 is 4.79 Å². The molecule has 0 spiro atoms. The van der Waals surface area contributed by atoms with Gasteiger partial charge in [-0.2, -0.15) is 0 Å². The molecule has 80 heavy (non-hydrogen) atoms. The molecule has 1 heterocycles. The molecule has 1 aliphatic heterocycles. The smallest absolute Gasteiger partial charge is 0.508 e. The van der Waals surface area contributed by atoms with Crippen LogP contribution in [0.5, 0.6) is 5.75 Å². The van der Waals surface area contributed by atoms with Crippen LogP contribution >= 0.6 is 7.82 Å². The molecule has 4 saturated carbocycles. The average Bonchev–Trinajstić information content (AvgIpc) is 4.05. The van der Waals surface area contributed by atoms with Crippen molar-refractivity contribution in [3.05, 3.63) is 89.0 Å². The Morgan fingerprint density at radius 1 is 0.925 bits per heavy atom. The Balaban J connectivity index is 0.00000924. The molecule has 17 nitrogen and oxygen atoms in total. The van der Waals surface area contributed by atoms with Gasteiger partial charge in [0.05, 0.1) is 31.4 Å². The van der Waals surface area contributed by atoms with Gasteiger partial charge in [-0.25, -0.2) is 13.9 Å². The van der Waals surface area contributed by atoms with Gasteiger partial charge in [-0.3, -0.25) is 9.59 Å². The number of phosphoric ester groups is 1. The van der Waals surface area contributed by atoms with E-state index in [-0.39, 0.29) is 48.5 Å². The van der Waals surface area contributed by atoms with Gasteiger partial charge in [0.25, 0.3) is 0 Å². The summed E-state index contributed by atoms with van der Waals surface area (Å²) in [5.41, 5.74) is 0.935. The first kappa shape index (κ1) is 64.0. The minimum atomic E-state index is -4.82. The third kappa shape index (κ3) is 15.0. The summed E-state index contributed by atoms with van der Waals surface area (Å²) in [5.74, 6) is -0.107. The number of ether oxygens (including phenoxy) is 6. The maximum absolute atomic E-state index is 15.0. The number of fused-ring (bicyclic) bond motifs is 7. The van der Waals surface area contributed by atoms with Crippen molar-refractivity contribution in [2.24, 2.45) is 34.5 Å². The minimum absolute atomic E-state index is 0. The van der Waals surface area contributed by atoms with Crippen LogP contribution in [0.15, 0.2) is 72.3 Å². The van der Waals surface area contributed by atoms with Crippen LogP contribution in [-0.4, -0.2) is 132 Å². The van der Waals surface area contributed by atoms with Gasteiger partial charge in [0, 0.05) is 48.0 Å². The number of aliphatic hydroxyl groups is 2. The monoisotopic (exact) mass is 1160 g/mol. The zero-order chi connectivity index (χ0) is 56.3. The Morgan fingerprint density at radius 2 is 1.66 bits per heavy atom. The maximum Gasteiger partial charge on any atom is 0.508 e. The number of benzene rings is 2. The van der Waals surface area contributed by atoms with E-state index in [4.69, 9.17) is 28.4 Å². The van der Waals surface area contributed by atoms with E-state index < -0.39 is 74.2 Å². The van der Waals surface area contributed by atoms with Crippen LogP contribution < -0.4 is 22.5 Å². The number of unbranched alkanes of at least 4 members (excludes halogenated alkanes) is 4. The van der Waals surface area contributed by atoms with Crippen LogP contribution in [0.2, 0.25) is 0 Å². The summed E-state index contributed by atoms with van der Waals surface area (Å²) in [6.07, 6.45) is 16.3. The van der Waals surface area contributed by atoms with Crippen LogP contribution in [0.3, 0.4) is 0 Å². The number of hydrogen-bond acceptors (Lipinski definition) is 14.